The quantitative estimate of drug-likeness (QED) is 0.279. The Morgan fingerprint density at radius 2 is 1.48 bits per heavy atom. The van der Waals surface area contributed by atoms with Crippen LogP contribution in [0.15, 0.2) is 94.8 Å². The lowest BCUT2D eigenvalue weighted by Crippen LogP contribution is -1.84. The van der Waals surface area contributed by atoms with E-state index in [0.717, 1.165) is 20.7 Å². The van der Waals surface area contributed by atoms with Gasteiger partial charge < -0.3 is 4.74 Å². The van der Waals surface area contributed by atoms with Crippen molar-refractivity contribution in [2.24, 2.45) is 0 Å². The Hall–Kier alpha value is -2.62. The zero-order chi connectivity index (χ0) is 18.2. The molecule has 0 bridgehead atoms. The zero-order valence-electron chi connectivity index (χ0n) is 14.4. The van der Waals surface area contributed by atoms with E-state index in [1.165, 1.54) is 26.6 Å². The van der Waals surface area contributed by atoms with Crippen LogP contribution >= 0.6 is 27.3 Å². The first-order chi connectivity index (χ1) is 13.3. The second kappa shape index (κ2) is 6.84. The second-order valence-corrected chi connectivity index (χ2v) is 8.73. The Kier molecular flexibility index (Phi) is 4.19. The minimum atomic E-state index is 0.844. The summed E-state index contributed by atoms with van der Waals surface area (Å²) in [4.78, 5) is 0. The molecule has 0 saturated carbocycles. The number of hydrogen-bond acceptors (Lipinski definition) is 2. The van der Waals surface area contributed by atoms with Crippen LogP contribution in [0.3, 0.4) is 0 Å². The highest BCUT2D eigenvalue weighted by Crippen LogP contribution is 2.45. The van der Waals surface area contributed by atoms with Crippen molar-refractivity contribution in [2.75, 3.05) is 0 Å². The fourth-order valence-electron chi connectivity index (χ4n) is 3.39. The topological polar surface area (TPSA) is 9.23 Å². The van der Waals surface area contributed by atoms with Gasteiger partial charge in [0.2, 0.25) is 0 Å². The largest absolute Gasteiger partial charge is 0.455 e. The average Bonchev–Trinajstić information content (AvgIpc) is 3.03. The molecule has 0 radical (unpaired) electrons. The molecule has 130 valence electrons. The highest BCUT2D eigenvalue weighted by Gasteiger charge is 2.14. The number of rotatable bonds is 3. The van der Waals surface area contributed by atoms with Crippen LogP contribution in [0.25, 0.3) is 32.0 Å². The first-order valence-electron chi connectivity index (χ1n) is 8.73. The summed E-state index contributed by atoms with van der Waals surface area (Å²) in [6.45, 7) is 0. The monoisotopic (exact) mass is 430 g/mol. The maximum atomic E-state index is 6.14. The van der Waals surface area contributed by atoms with Crippen molar-refractivity contribution in [2.45, 2.75) is 0 Å². The van der Waals surface area contributed by atoms with E-state index in [1.54, 1.807) is 11.3 Å². The summed E-state index contributed by atoms with van der Waals surface area (Å²) in [7, 11) is 0. The SMILES string of the molecule is Brc1sc2cc(-c3cccc4ccccc34)ccc2c1Oc1ccccc1. The summed E-state index contributed by atoms with van der Waals surface area (Å²) < 4.78 is 8.36. The van der Waals surface area contributed by atoms with Crippen LogP contribution < -0.4 is 4.74 Å². The molecule has 0 aliphatic rings. The molecule has 0 spiro atoms. The number of fused-ring (bicyclic) bond motifs is 2. The third kappa shape index (κ3) is 3.03. The number of para-hydroxylation sites is 1. The van der Waals surface area contributed by atoms with E-state index in [-0.39, 0.29) is 0 Å². The Morgan fingerprint density at radius 1 is 0.704 bits per heavy atom. The van der Waals surface area contributed by atoms with Gasteiger partial charge in [-0.3, -0.25) is 0 Å². The van der Waals surface area contributed by atoms with Gasteiger partial charge in [0.1, 0.15) is 9.54 Å². The molecule has 5 aromatic rings. The molecule has 1 nitrogen and oxygen atoms in total. The predicted molar refractivity (Wildman–Crippen MR) is 119 cm³/mol. The molecule has 0 aliphatic carbocycles. The van der Waals surface area contributed by atoms with Crippen molar-refractivity contribution >= 4 is 48.1 Å². The zero-order valence-corrected chi connectivity index (χ0v) is 16.8. The van der Waals surface area contributed by atoms with Gasteiger partial charge in [-0.1, -0.05) is 66.7 Å². The summed E-state index contributed by atoms with van der Waals surface area (Å²) in [5.74, 6) is 1.72. The molecule has 1 aromatic heterocycles. The van der Waals surface area contributed by atoms with E-state index in [2.05, 4.69) is 76.6 Å². The molecular formula is C24H15BrOS. The molecule has 5 rings (SSSR count). The Bertz CT molecular complexity index is 1250. The number of hydrogen-bond donors (Lipinski definition) is 0. The van der Waals surface area contributed by atoms with Gasteiger partial charge in [-0.2, -0.15) is 0 Å². The fraction of sp³-hybridized carbons (Fsp3) is 0. The number of ether oxygens (including phenoxy) is 1. The van der Waals surface area contributed by atoms with E-state index in [1.807, 2.05) is 30.3 Å². The molecule has 0 N–H and O–H groups in total. The minimum absolute atomic E-state index is 0.844. The van der Waals surface area contributed by atoms with Crippen LogP contribution in [0, 0.1) is 0 Å². The van der Waals surface area contributed by atoms with Crippen LogP contribution in [-0.2, 0) is 0 Å². The van der Waals surface area contributed by atoms with Crippen molar-refractivity contribution in [1.82, 2.24) is 0 Å². The molecule has 4 aromatic carbocycles. The highest BCUT2D eigenvalue weighted by atomic mass is 79.9. The van der Waals surface area contributed by atoms with Crippen LogP contribution in [0.2, 0.25) is 0 Å². The molecule has 0 amide bonds. The molecule has 0 saturated heterocycles. The van der Waals surface area contributed by atoms with Gasteiger partial charge in [0.15, 0.2) is 5.75 Å². The standard InChI is InChI=1S/C24H15BrOS/c25-24-23(26-18-9-2-1-3-10-18)21-14-13-17(15-22(21)27-24)20-12-6-8-16-7-4-5-11-19(16)20/h1-15H. The van der Waals surface area contributed by atoms with Crippen molar-refractivity contribution < 1.29 is 4.74 Å². The first-order valence-corrected chi connectivity index (χ1v) is 10.3. The van der Waals surface area contributed by atoms with Crippen LogP contribution in [0.4, 0.5) is 0 Å². The molecule has 27 heavy (non-hydrogen) atoms. The molecule has 0 fully saturated rings. The highest BCUT2D eigenvalue weighted by molar-refractivity contribution is 9.11. The van der Waals surface area contributed by atoms with E-state index < -0.39 is 0 Å². The van der Waals surface area contributed by atoms with Crippen LogP contribution in [-0.4, -0.2) is 0 Å². The molecule has 1 heterocycles. The van der Waals surface area contributed by atoms with Gasteiger partial charge >= 0.3 is 0 Å². The maximum absolute atomic E-state index is 6.14. The lowest BCUT2D eigenvalue weighted by atomic mass is 9.98. The van der Waals surface area contributed by atoms with Crippen molar-refractivity contribution in [3.8, 4) is 22.6 Å². The van der Waals surface area contributed by atoms with Gasteiger partial charge in [0.25, 0.3) is 0 Å². The molecule has 3 heteroatoms. The summed E-state index contributed by atoms with van der Waals surface area (Å²) in [6.07, 6.45) is 0. The molecule has 0 aliphatic heterocycles. The number of benzene rings is 4. The predicted octanol–water partition coefficient (Wildman–Crippen LogP) is 8.28. The van der Waals surface area contributed by atoms with E-state index in [4.69, 9.17) is 4.74 Å². The smallest absolute Gasteiger partial charge is 0.160 e. The lowest BCUT2D eigenvalue weighted by Gasteiger charge is -2.08. The molecule has 0 unspecified atom stereocenters. The van der Waals surface area contributed by atoms with E-state index >= 15 is 0 Å². The molecular weight excluding hydrogens is 416 g/mol. The second-order valence-electron chi connectivity index (χ2n) is 6.36. The van der Waals surface area contributed by atoms with Gasteiger partial charge in [-0.15, -0.1) is 11.3 Å². The van der Waals surface area contributed by atoms with E-state index in [9.17, 15) is 0 Å². The minimum Gasteiger partial charge on any atom is -0.455 e. The van der Waals surface area contributed by atoms with Crippen LogP contribution in [0.5, 0.6) is 11.5 Å². The normalized spacial score (nSPS) is 11.1. The summed E-state index contributed by atoms with van der Waals surface area (Å²) in [6, 6.07) is 31.5. The Morgan fingerprint density at radius 3 is 2.37 bits per heavy atom. The third-order valence-corrected chi connectivity index (χ3v) is 6.44. The summed E-state index contributed by atoms with van der Waals surface area (Å²) in [5, 5.41) is 3.66. The Balaban J connectivity index is 1.63. The van der Waals surface area contributed by atoms with Crippen molar-refractivity contribution in [1.29, 1.82) is 0 Å². The Labute approximate surface area is 170 Å². The lowest BCUT2D eigenvalue weighted by molar-refractivity contribution is 0.487. The third-order valence-electron chi connectivity index (χ3n) is 4.67. The van der Waals surface area contributed by atoms with Crippen molar-refractivity contribution in [3.05, 3.63) is 94.8 Å². The van der Waals surface area contributed by atoms with Crippen molar-refractivity contribution in [3.63, 3.8) is 0 Å². The first kappa shape index (κ1) is 16.5. The van der Waals surface area contributed by atoms with Gasteiger partial charge in [-0.05, 0) is 62.1 Å². The number of halogens is 1. The summed E-state index contributed by atoms with van der Waals surface area (Å²) >= 11 is 5.39. The molecule has 0 atom stereocenters. The van der Waals surface area contributed by atoms with Gasteiger partial charge in [0.05, 0.1) is 0 Å². The van der Waals surface area contributed by atoms with E-state index in [0.29, 0.717) is 0 Å². The fourth-order valence-corrected chi connectivity index (χ4v) is 5.10. The number of thiophene rings is 1. The summed E-state index contributed by atoms with van der Waals surface area (Å²) in [5.41, 5.74) is 2.48. The average molecular weight is 431 g/mol. The maximum Gasteiger partial charge on any atom is 0.160 e. The van der Waals surface area contributed by atoms with Crippen LogP contribution in [0.1, 0.15) is 0 Å². The van der Waals surface area contributed by atoms with Gasteiger partial charge in [0, 0.05) is 10.1 Å². The van der Waals surface area contributed by atoms with Gasteiger partial charge in [-0.25, -0.2) is 0 Å².